The summed E-state index contributed by atoms with van der Waals surface area (Å²) in [6.07, 6.45) is 0. The lowest BCUT2D eigenvalue weighted by molar-refractivity contribution is -0.128. The number of carbonyl (C=O) groups is 1. The molecule has 0 unspecified atom stereocenters. The van der Waals surface area contributed by atoms with Crippen molar-refractivity contribution in [1.82, 2.24) is 15.1 Å². The number of hydrogen-bond acceptors (Lipinski definition) is 7. The number of anilines is 1. The van der Waals surface area contributed by atoms with Crippen molar-refractivity contribution in [3.8, 4) is 22.8 Å². The molecule has 0 spiro atoms. The van der Waals surface area contributed by atoms with E-state index in [1.165, 1.54) is 5.56 Å². The summed E-state index contributed by atoms with van der Waals surface area (Å²) in [5.74, 6) is 3.82. The summed E-state index contributed by atoms with van der Waals surface area (Å²) in [5, 5.41) is 8.86. The molecule has 1 fully saturated rings. The van der Waals surface area contributed by atoms with E-state index in [1.807, 2.05) is 53.4 Å². The number of thioether (sulfide) groups is 1. The van der Waals surface area contributed by atoms with E-state index in [0.29, 0.717) is 18.8 Å². The molecular formula is C25H28N4O3S. The molecule has 1 saturated heterocycles. The molecule has 172 valence electrons. The van der Waals surface area contributed by atoms with Crippen LogP contribution in [0.15, 0.2) is 60.7 Å². The Balaban J connectivity index is 1.30. The lowest BCUT2D eigenvalue weighted by atomic mass is 10.1. The Kier molecular flexibility index (Phi) is 7.67. The van der Waals surface area contributed by atoms with Gasteiger partial charge in [-0.05, 0) is 35.9 Å². The smallest absolute Gasteiger partial charge is 0.232 e. The van der Waals surface area contributed by atoms with Crippen LogP contribution in [0.25, 0.3) is 11.3 Å². The van der Waals surface area contributed by atoms with Crippen LogP contribution in [0.3, 0.4) is 0 Å². The van der Waals surface area contributed by atoms with Crippen molar-refractivity contribution in [2.45, 2.75) is 5.75 Å². The van der Waals surface area contributed by atoms with Gasteiger partial charge in [0.15, 0.2) is 5.82 Å². The molecule has 7 nitrogen and oxygen atoms in total. The van der Waals surface area contributed by atoms with Gasteiger partial charge in [0.1, 0.15) is 11.5 Å². The van der Waals surface area contributed by atoms with Crippen molar-refractivity contribution in [3.05, 3.63) is 66.2 Å². The van der Waals surface area contributed by atoms with E-state index in [9.17, 15) is 4.79 Å². The van der Waals surface area contributed by atoms with Gasteiger partial charge in [-0.1, -0.05) is 30.3 Å². The fourth-order valence-electron chi connectivity index (χ4n) is 3.76. The first-order valence-corrected chi connectivity index (χ1v) is 12.0. The molecule has 1 aromatic heterocycles. The molecule has 33 heavy (non-hydrogen) atoms. The van der Waals surface area contributed by atoms with Gasteiger partial charge in [0.2, 0.25) is 5.91 Å². The van der Waals surface area contributed by atoms with Crippen LogP contribution in [0.1, 0.15) is 5.56 Å². The van der Waals surface area contributed by atoms with E-state index in [-0.39, 0.29) is 5.91 Å². The quantitative estimate of drug-likeness (QED) is 0.503. The molecule has 0 saturated carbocycles. The Morgan fingerprint density at radius 1 is 0.939 bits per heavy atom. The van der Waals surface area contributed by atoms with Gasteiger partial charge in [-0.3, -0.25) is 4.79 Å². The summed E-state index contributed by atoms with van der Waals surface area (Å²) in [6.45, 7) is 2.87. The van der Waals surface area contributed by atoms with E-state index in [4.69, 9.17) is 9.47 Å². The second-order valence-corrected chi connectivity index (χ2v) is 8.67. The van der Waals surface area contributed by atoms with Crippen molar-refractivity contribution in [2.75, 3.05) is 51.1 Å². The van der Waals surface area contributed by atoms with Crippen LogP contribution >= 0.6 is 11.8 Å². The minimum atomic E-state index is 0.196. The van der Waals surface area contributed by atoms with Crippen molar-refractivity contribution >= 4 is 23.5 Å². The van der Waals surface area contributed by atoms with E-state index in [2.05, 4.69) is 27.2 Å². The van der Waals surface area contributed by atoms with E-state index in [1.54, 1.807) is 26.0 Å². The highest BCUT2D eigenvalue weighted by Crippen LogP contribution is 2.32. The van der Waals surface area contributed by atoms with Crippen molar-refractivity contribution in [1.29, 1.82) is 0 Å². The highest BCUT2D eigenvalue weighted by atomic mass is 32.2. The summed E-state index contributed by atoms with van der Waals surface area (Å²) in [7, 11) is 3.26. The van der Waals surface area contributed by atoms with Gasteiger partial charge in [-0.2, -0.15) is 0 Å². The minimum Gasteiger partial charge on any atom is -0.497 e. The molecule has 2 aromatic carbocycles. The largest absolute Gasteiger partial charge is 0.497 e. The molecule has 0 atom stereocenters. The third-order valence-corrected chi connectivity index (χ3v) is 6.62. The predicted molar refractivity (Wildman–Crippen MR) is 132 cm³/mol. The van der Waals surface area contributed by atoms with E-state index < -0.39 is 0 Å². The highest BCUT2D eigenvalue weighted by Gasteiger charge is 2.22. The van der Waals surface area contributed by atoms with Crippen LogP contribution in [0, 0.1) is 0 Å². The fraction of sp³-hybridized carbons (Fsp3) is 0.320. The Morgan fingerprint density at radius 2 is 1.73 bits per heavy atom. The van der Waals surface area contributed by atoms with Crippen LogP contribution in [0.4, 0.5) is 5.82 Å². The maximum absolute atomic E-state index is 12.6. The number of nitrogens with zero attached hydrogens (tertiary/aromatic N) is 4. The summed E-state index contributed by atoms with van der Waals surface area (Å²) < 4.78 is 10.8. The van der Waals surface area contributed by atoms with Gasteiger partial charge in [-0.25, -0.2) is 0 Å². The van der Waals surface area contributed by atoms with E-state index >= 15 is 0 Å². The first-order chi connectivity index (χ1) is 16.2. The number of carbonyl (C=O) groups excluding carboxylic acids is 1. The fourth-order valence-corrected chi connectivity index (χ4v) is 4.65. The average molecular weight is 465 g/mol. The maximum atomic E-state index is 12.6. The number of aromatic nitrogens is 2. The first kappa shape index (κ1) is 22.9. The zero-order chi connectivity index (χ0) is 23.0. The number of benzene rings is 2. The Bertz CT molecular complexity index is 1060. The van der Waals surface area contributed by atoms with Gasteiger partial charge in [-0.15, -0.1) is 22.0 Å². The molecule has 0 N–H and O–H groups in total. The number of piperazine rings is 1. The molecule has 1 amide bonds. The molecule has 3 aromatic rings. The molecule has 8 heteroatoms. The number of hydrogen-bond donors (Lipinski definition) is 0. The third-order valence-electron chi connectivity index (χ3n) is 5.63. The van der Waals surface area contributed by atoms with Crippen LogP contribution in [-0.4, -0.2) is 67.2 Å². The monoisotopic (exact) mass is 464 g/mol. The lowest BCUT2D eigenvalue weighted by Crippen LogP contribution is -2.49. The molecule has 1 aliphatic heterocycles. The third kappa shape index (κ3) is 5.76. The molecule has 0 aliphatic carbocycles. The summed E-state index contributed by atoms with van der Waals surface area (Å²) >= 11 is 1.66. The standard InChI is InChI=1S/C25H28N4O3S/c1-31-20-8-10-23(32-2)21(16-20)22-9-11-24(27-26-22)28-12-14-29(15-13-28)25(30)18-33-17-19-6-4-3-5-7-19/h3-11,16H,12-15,17-18H2,1-2H3. The Morgan fingerprint density at radius 3 is 2.39 bits per heavy atom. The van der Waals surface area contributed by atoms with Gasteiger partial charge < -0.3 is 19.3 Å². The summed E-state index contributed by atoms with van der Waals surface area (Å²) in [6, 6.07) is 19.8. The van der Waals surface area contributed by atoms with Gasteiger partial charge in [0.25, 0.3) is 0 Å². The number of ether oxygens (including phenoxy) is 2. The van der Waals surface area contributed by atoms with Gasteiger partial charge >= 0.3 is 0 Å². The second kappa shape index (κ2) is 11.0. The number of methoxy groups -OCH3 is 2. The molecule has 4 rings (SSSR count). The van der Waals surface area contributed by atoms with Crippen molar-refractivity contribution in [3.63, 3.8) is 0 Å². The maximum Gasteiger partial charge on any atom is 0.232 e. The van der Waals surface area contributed by atoms with Gasteiger partial charge in [0, 0.05) is 37.5 Å². The normalized spacial score (nSPS) is 13.6. The van der Waals surface area contributed by atoms with Crippen LogP contribution in [0.5, 0.6) is 11.5 Å². The number of amides is 1. The zero-order valence-corrected chi connectivity index (χ0v) is 19.8. The van der Waals surface area contributed by atoms with Crippen LogP contribution < -0.4 is 14.4 Å². The topological polar surface area (TPSA) is 67.8 Å². The SMILES string of the molecule is COc1ccc(OC)c(-c2ccc(N3CCN(C(=O)CSCc4ccccc4)CC3)nn2)c1. The van der Waals surface area contributed by atoms with Crippen molar-refractivity contribution < 1.29 is 14.3 Å². The number of rotatable bonds is 8. The van der Waals surface area contributed by atoms with E-state index in [0.717, 1.165) is 47.4 Å². The molecule has 2 heterocycles. The van der Waals surface area contributed by atoms with Crippen molar-refractivity contribution in [2.24, 2.45) is 0 Å². The van der Waals surface area contributed by atoms with Crippen LogP contribution in [0.2, 0.25) is 0 Å². The van der Waals surface area contributed by atoms with Crippen LogP contribution in [-0.2, 0) is 10.5 Å². The summed E-state index contributed by atoms with van der Waals surface area (Å²) in [4.78, 5) is 16.7. The molecule has 0 bridgehead atoms. The highest BCUT2D eigenvalue weighted by molar-refractivity contribution is 7.99. The molecule has 1 aliphatic rings. The Hall–Kier alpha value is -3.26. The molecular weight excluding hydrogens is 436 g/mol. The zero-order valence-electron chi connectivity index (χ0n) is 18.9. The minimum absolute atomic E-state index is 0.196. The average Bonchev–Trinajstić information content (AvgIpc) is 2.89. The second-order valence-electron chi connectivity index (χ2n) is 7.69. The Labute approximate surface area is 198 Å². The van der Waals surface area contributed by atoms with Gasteiger partial charge in [0.05, 0.1) is 25.7 Å². The molecule has 0 radical (unpaired) electrons. The first-order valence-electron chi connectivity index (χ1n) is 10.9. The lowest BCUT2D eigenvalue weighted by Gasteiger charge is -2.35. The predicted octanol–water partition coefficient (Wildman–Crippen LogP) is 3.74. The summed E-state index contributed by atoms with van der Waals surface area (Å²) in [5.41, 5.74) is 2.80.